The number of nitrogens with zero attached hydrogens (tertiary/aromatic N) is 4. The molecular formula is C24H28Cl2N4O3S. The lowest BCUT2D eigenvalue weighted by Crippen LogP contribution is -2.59. The number of aromatic nitrogens is 1. The van der Waals surface area contributed by atoms with Crippen molar-refractivity contribution in [3.05, 3.63) is 57.0 Å². The normalized spacial score (nSPS) is 20.2. The van der Waals surface area contributed by atoms with Gasteiger partial charge in [-0.2, -0.15) is 0 Å². The number of esters is 1. The molecule has 182 valence electrons. The zero-order chi connectivity index (χ0) is 24.1. The van der Waals surface area contributed by atoms with E-state index in [4.69, 9.17) is 27.9 Å². The Morgan fingerprint density at radius 3 is 2.82 bits per heavy atom. The molecule has 4 rings (SSSR count). The lowest BCUT2D eigenvalue weighted by molar-refractivity contribution is -0.137. The fraction of sp³-hybridized carbons (Fsp3) is 0.458. The zero-order valence-electron chi connectivity index (χ0n) is 19.1. The molecule has 0 saturated carbocycles. The Morgan fingerprint density at radius 2 is 2.09 bits per heavy atom. The van der Waals surface area contributed by atoms with Crippen LogP contribution in [0.15, 0.2) is 41.4 Å². The molecule has 2 saturated heterocycles. The minimum Gasteiger partial charge on any atom is -0.463 e. The molecule has 0 N–H and O–H groups in total. The van der Waals surface area contributed by atoms with E-state index in [2.05, 4.69) is 14.8 Å². The number of carbonyl (C=O) groups is 2. The SMILES string of the molecule is CCOC(=O)C=C1CCN(C[C@@H]2CN(c3nccs3)CCN2C(=O)Cc2ccc(Cl)c(Cl)c2)C1. The Kier molecular flexibility index (Phi) is 8.47. The molecule has 2 aliphatic rings. The number of hydrogen-bond donors (Lipinski definition) is 0. The maximum atomic E-state index is 13.4. The van der Waals surface area contributed by atoms with Crippen LogP contribution in [0, 0.1) is 0 Å². The minimum atomic E-state index is -0.287. The summed E-state index contributed by atoms with van der Waals surface area (Å²) in [6.45, 7) is 6.56. The molecule has 34 heavy (non-hydrogen) atoms. The average Bonchev–Trinajstić information content (AvgIpc) is 3.49. The van der Waals surface area contributed by atoms with Gasteiger partial charge >= 0.3 is 5.97 Å². The molecule has 7 nitrogen and oxygen atoms in total. The lowest BCUT2D eigenvalue weighted by atomic mass is 10.1. The molecule has 0 unspecified atom stereocenters. The Hall–Kier alpha value is -2.13. The molecule has 0 spiro atoms. The van der Waals surface area contributed by atoms with Crippen LogP contribution >= 0.6 is 34.5 Å². The van der Waals surface area contributed by atoms with Gasteiger partial charge < -0.3 is 14.5 Å². The van der Waals surface area contributed by atoms with Crippen molar-refractivity contribution in [2.45, 2.75) is 25.8 Å². The number of thiazole rings is 1. The van der Waals surface area contributed by atoms with Gasteiger partial charge in [-0.15, -0.1) is 11.3 Å². The third-order valence-electron chi connectivity index (χ3n) is 6.09. The van der Waals surface area contributed by atoms with E-state index in [1.807, 2.05) is 22.5 Å². The molecule has 2 aliphatic heterocycles. The highest BCUT2D eigenvalue weighted by Crippen LogP contribution is 2.26. The van der Waals surface area contributed by atoms with E-state index in [1.165, 1.54) is 0 Å². The number of halogens is 2. The van der Waals surface area contributed by atoms with Gasteiger partial charge in [-0.1, -0.05) is 29.3 Å². The van der Waals surface area contributed by atoms with Gasteiger partial charge in [-0.05, 0) is 36.6 Å². The van der Waals surface area contributed by atoms with Crippen molar-refractivity contribution in [2.75, 3.05) is 50.8 Å². The summed E-state index contributed by atoms with van der Waals surface area (Å²) in [5.74, 6) is -0.214. The highest BCUT2D eigenvalue weighted by Gasteiger charge is 2.33. The summed E-state index contributed by atoms with van der Waals surface area (Å²) in [5, 5.41) is 3.88. The molecule has 1 amide bonds. The highest BCUT2D eigenvalue weighted by molar-refractivity contribution is 7.13. The molecule has 10 heteroatoms. The first-order chi connectivity index (χ1) is 16.4. The van der Waals surface area contributed by atoms with Crippen LogP contribution in [0.5, 0.6) is 0 Å². The number of hydrogen-bond acceptors (Lipinski definition) is 7. The van der Waals surface area contributed by atoms with Crippen molar-refractivity contribution < 1.29 is 14.3 Å². The smallest absolute Gasteiger partial charge is 0.330 e. The van der Waals surface area contributed by atoms with Crippen molar-refractivity contribution in [1.82, 2.24) is 14.8 Å². The number of anilines is 1. The first-order valence-electron chi connectivity index (χ1n) is 11.4. The molecule has 3 heterocycles. The van der Waals surface area contributed by atoms with Crippen molar-refractivity contribution in [2.24, 2.45) is 0 Å². The third kappa shape index (κ3) is 6.30. The van der Waals surface area contributed by atoms with Crippen LogP contribution < -0.4 is 4.90 Å². The summed E-state index contributed by atoms with van der Waals surface area (Å²) in [5.41, 5.74) is 1.92. The van der Waals surface area contributed by atoms with Gasteiger partial charge in [0, 0.05) is 56.9 Å². The number of benzene rings is 1. The predicted octanol–water partition coefficient (Wildman–Crippen LogP) is 3.91. The van der Waals surface area contributed by atoms with Crippen LogP contribution in [0.2, 0.25) is 10.0 Å². The Bertz CT molecular complexity index is 1050. The van der Waals surface area contributed by atoms with Gasteiger partial charge in [-0.25, -0.2) is 9.78 Å². The van der Waals surface area contributed by atoms with Crippen molar-refractivity contribution in [1.29, 1.82) is 0 Å². The van der Waals surface area contributed by atoms with E-state index < -0.39 is 0 Å². The third-order valence-corrected chi connectivity index (χ3v) is 7.66. The van der Waals surface area contributed by atoms with E-state index in [0.717, 1.165) is 42.3 Å². The summed E-state index contributed by atoms with van der Waals surface area (Å²) in [7, 11) is 0. The summed E-state index contributed by atoms with van der Waals surface area (Å²) in [4.78, 5) is 36.2. The molecule has 1 aromatic carbocycles. The fourth-order valence-electron chi connectivity index (χ4n) is 4.48. The van der Waals surface area contributed by atoms with E-state index in [1.54, 1.807) is 36.5 Å². The molecule has 2 aromatic rings. The van der Waals surface area contributed by atoms with Crippen molar-refractivity contribution in [3.8, 4) is 0 Å². The zero-order valence-corrected chi connectivity index (χ0v) is 21.4. The maximum Gasteiger partial charge on any atom is 0.330 e. The van der Waals surface area contributed by atoms with E-state index in [-0.39, 0.29) is 24.3 Å². The molecule has 2 fully saturated rings. The second-order valence-corrected chi connectivity index (χ2v) is 10.2. The van der Waals surface area contributed by atoms with E-state index in [0.29, 0.717) is 36.3 Å². The van der Waals surface area contributed by atoms with Crippen LogP contribution in [0.4, 0.5) is 5.13 Å². The van der Waals surface area contributed by atoms with Crippen LogP contribution in [0.1, 0.15) is 18.9 Å². The van der Waals surface area contributed by atoms with Gasteiger partial charge in [0.05, 0.1) is 29.1 Å². The number of ether oxygens (including phenoxy) is 1. The first-order valence-corrected chi connectivity index (χ1v) is 13.0. The van der Waals surface area contributed by atoms with Crippen molar-refractivity contribution >= 4 is 51.5 Å². The maximum absolute atomic E-state index is 13.4. The molecule has 1 atom stereocenters. The van der Waals surface area contributed by atoms with Crippen molar-refractivity contribution in [3.63, 3.8) is 0 Å². The van der Waals surface area contributed by atoms with Crippen LogP contribution in [-0.4, -0.2) is 78.6 Å². The minimum absolute atomic E-state index is 0.00913. The quantitative estimate of drug-likeness (QED) is 0.405. The standard InChI is InChI=1S/C24H28Cl2N4O3S/c1-2-33-23(32)13-18-5-7-28(14-18)15-19-16-29(24-27-6-10-34-24)8-9-30(19)22(31)12-17-3-4-20(25)21(26)11-17/h3-4,6,10-11,13,19H,2,5,7-9,12,14-16H2,1H3/t19-/m1/s1. The Balaban J connectivity index is 1.45. The summed E-state index contributed by atoms with van der Waals surface area (Å²) < 4.78 is 5.05. The number of rotatable bonds is 7. The summed E-state index contributed by atoms with van der Waals surface area (Å²) in [6, 6.07) is 5.34. The monoisotopic (exact) mass is 522 g/mol. The topological polar surface area (TPSA) is 66.0 Å². The second kappa shape index (κ2) is 11.5. The van der Waals surface area contributed by atoms with Gasteiger partial charge in [0.2, 0.25) is 5.91 Å². The number of amides is 1. The fourth-order valence-corrected chi connectivity index (χ4v) is 5.48. The Labute approximate surface area is 213 Å². The van der Waals surface area contributed by atoms with Gasteiger partial charge in [-0.3, -0.25) is 9.69 Å². The van der Waals surface area contributed by atoms with Gasteiger partial charge in [0.25, 0.3) is 0 Å². The van der Waals surface area contributed by atoms with Crippen LogP contribution in [0.25, 0.3) is 0 Å². The molecule has 0 radical (unpaired) electrons. The second-order valence-electron chi connectivity index (χ2n) is 8.47. The number of piperazine rings is 1. The summed E-state index contributed by atoms with van der Waals surface area (Å²) >= 11 is 13.8. The Morgan fingerprint density at radius 1 is 1.24 bits per heavy atom. The molecule has 0 bridgehead atoms. The lowest BCUT2D eigenvalue weighted by Gasteiger charge is -2.43. The number of likely N-dealkylation sites (tertiary alicyclic amines) is 1. The number of carbonyl (C=O) groups excluding carboxylic acids is 2. The molecule has 1 aromatic heterocycles. The van der Waals surface area contributed by atoms with Crippen LogP contribution in [0.3, 0.4) is 0 Å². The first kappa shape index (κ1) is 25.0. The largest absolute Gasteiger partial charge is 0.463 e. The van der Waals surface area contributed by atoms with Gasteiger partial charge in [0.1, 0.15) is 0 Å². The summed E-state index contributed by atoms with van der Waals surface area (Å²) in [6.07, 6.45) is 4.53. The molecular weight excluding hydrogens is 495 g/mol. The van der Waals surface area contributed by atoms with Crippen LogP contribution in [-0.2, 0) is 20.7 Å². The highest BCUT2D eigenvalue weighted by atomic mass is 35.5. The predicted molar refractivity (Wildman–Crippen MR) is 136 cm³/mol. The van der Waals surface area contributed by atoms with Gasteiger partial charge in [0.15, 0.2) is 5.13 Å². The molecule has 0 aliphatic carbocycles. The van der Waals surface area contributed by atoms with E-state index >= 15 is 0 Å². The van der Waals surface area contributed by atoms with E-state index in [9.17, 15) is 9.59 Å². The average molecular weight is 523 g/mol.